The SMILES string of the molecule is CCC(C)(CC)n1c(C2CC2)nc2cccc(C(=O)O)c21. The molecule has 1 aromatic heterocycles. The standard InChI is InChI=1S/C17H22N2O2/c1-4-17(3,5-2)19-14-12(16(20)21)7-6-8-13(14)18-15(19)11-9-10-11/h6-8,11H,4-5,9-10H2,1-3H3,(H,20,21). The van der Waals surface area contributed by atoms with Crippen molar-refractivity contribution in [3.05, 3.63) is 29.6 Å². The van der Waals surface area contributed by atoms with Gasteiger partial charge in [-0.2, -0.15) is 0 Å². The first kappa shape index (κ1) is 14.1. The third kappa shape index (κ3) is 2.13. The highest BCUT2D eigenvalue weighted by Gasteiger charge is 2.36. The van der Waals surface area contributed by atoms with Crippen LogP contribution in [0.15, 0.2) is 18.2 Å². The van der Waals surface area contributed by atoms with E-state index in [1.165, 1.54) is 0 Å². The summed E-state index contributed by atoms with van der Waals surface area (Å²) >= 11 is 0. The molecule has 112 valence electrons. The number of carboxylic acids is 1. The van der Waals surface area contributed by atoms with E-state index in [4.69, 9.17) is 4.98 Å². The summed E-state index contributed by atoms with van der Waals surface area (Å²) in [5.41, 5.74) is 1.88. The number of nitrogens with zero attached hydrogens (tertiary/aromatic N) is 2. The molecule has 0 unspecified atom stereocenters. The first-order valence-corrected chi connectivity index (χ1v) is 7.77. The Balaban J connectivity index is 2.37. The van der Waals surface area contributed by atoms with E-state index in [1.807, 2.05) is 6.07 Å². The second kappa shape index (κ2) is 4.86. The summed E-state index contributed by atoms with van der Waals surface area (Å²) in [5, 5.41) is 9.54. The average Bonchev–Trinajstić information content (AvgIpc) is 3.25. The van der Waals surface area contributed by atoms with Crippen LogP contribution in [0, 0.1) is 0 Å². The molecule has 0 aliphatic heterocycles. The van der Waals surface area contributed by atoms with Gasteiger partial charge in [-0.1, -0.05) is 19.9 Å². The fraction of sp³-hybridized carbons (Fsp3) is 0.529. The lowest BCUT2D eigenvalue weighted by Gasteiger charge is -2.32. The molecule has 4 nitrogen and oxygen atoms in total. The highest BCUT2D eigenvalue weighted by atomic mass is 16.4. The van der Waals surface area contributed by atoms with E-state index in [1.54, 1.807) is 12.1 Å². The Labute approximate surface area is 124 Å². The Morgan fingerprint density at radius 3 is 2.57 bits per heavy atom. The van der Waals surface area contributed by atoms with Gasteiger partial charge in [-0.15, -0.1) is 0 Å². The summed E-state index contributed by atoms with van der Waals surface area (Å²) in [4.78, 5) is 16.4. The number of aromatic nitrogens is 2. The first-order chi connectivity index (χ1) is 10.0. The Morgan fingerprint density at radius 1 is 1.38 bits per heavy atom. The maximum atomic E-state index is 11.6. The lowest BCUT2D eigenvalue weighted by Crippen LogP contribution is -2.30. The van der Waals surface area contributed by atoms with E-state index < -0.39 is 5.97 Å². The summed E-state index contributed by atoms with van der Waals surface area (Å²) in [7, 11) is 0. The molecule has 1 aromatic carbocycles. The van der Waals surface area contributed by atoms with Crippen molar-refractivity contribution in [2.24, 2.45) is 0 Å². The van der Waals surface area contributed by atoms with Crippen LogP contribution in [0.2, 0.25) is 0 Å². The Morgan fingerprint density at radius 2 is 2.05 bits per heavy atom. The average molecular weight is 286 g/mol. The third-order valence-corrected chi connectivity index (χ3v) is 4.94. The molecule has 1 saturated carbocycles. The topological polar surface area (TPSA) is 55.1 Å². The van der Waals surface area contributed by atoms with Gasteiger partial charge in [0.1, 0.15) is 5.82 Å². The zero-order valence-corrected chi connectivity index (χ0v) is 12.9. The van der Waals surface area contributed by atoms with Crippen LogP contribution in [0.5, 0.6) is 0 Å². The predicted molar refractivity (Wildman–Crippen MR) is 82.9 cm³/mol. The third-order valence-electron chi connectivity index (χ3n) is 4.94. The monoisotopic (exact) mass is 286 g/mol. The highest BCUT2D eigenvalue weighted by Crippen LogP contribution is 2.44. The zero-order valence-electron chi connectivity index (χ0n) is 12.9. The fourth-order valence-electron chi connectivity index (χ4n) is 3.05. The summed E-state index contributed by atoms with van der Waals surface area (Å²) < 4.78 is 2.23. The predicted octanol–water partition coefficient (Wildman–Crippen LogP) is 4.15. The molecule has 0 spiro atoms. The van der Waals surface area contributed by atoms with Crippen molar-refractivity contribution < 1.29 is 9.90 Å². The molecule has 2 aromatic rings. The van der Waals surface area contributed by atoms with Crippen molar-refractivity contribution in [1.29, 1.82) is 0 Å². The minimum absolute atomic E-state index is 0.0851. The second-order valence-electron chi connectivity index (χ2n) is 6.26. The zero-order chi connectivity index (χ0) is 15.2. The number of hydrogen-bond donors (Lipinski definition) is 1. The minimum Gasteiger partial charge on any atom is -0.478 e. The van der Waals surface area contributed by atoms with E-state index in [-0.39, 0.29) is 5.54 Å². The molecular weight excluding hydrogens is 264 g/mol. The molecule has 0 bridgehead atoms. The number of benzene rings is 1. The largest absolute Gasteiger partial charge is 0.478 e. The van der Waals surface area contributed by atoms with Crippen LogP contribution in [0.25, 0.3) is 11.0 Å². The number of rotatable bonds is 5. The highest BCUT2D eigenvalue weighted by molar-refractivity contribution is 6.01. The molecule has 4 heteroatoms. The Bertz CT molecular complexity index is 694. The van der Waals surface area contributed by atoms with Gasteiger partial charge < -0.3 is 9.67 Å². The van der Waals surface area contributed by atoms with Crippen molar-refractivity contribution in [2.75, 3.05) is 0 Å². The fourth-order valence-corrected chi connectivity index (χ4v) is 3.05. The summed E-state index contributed by atoms with van der Waals surface area (Å²) in [6.45, 7) is 6.53. The number of aromatic carboxylic acids is 1. The molecule has 0 atom stereocenters. The molecule has 1 aliphatic rings. The van der Waals surface area contributed by atoms with Gasteiger partial charge in [-0.3, -0.25) is 0 Å². The molecule has 1 aliphatic carbocycles. The Kier molecular flexibility index (Phi) is 3.27. The van der Waals surface area contributed by atoms with E-state index in [9.17, 15) is 9.90 Å². The number of carboxylic acid groups (broad SMARTS) is 1. The number of imidazole rings is 1. The molecule has 1 fully saturated rings. The molecule has 1 heterocycles. The quantitative estimate of drug-likeness (QED) is 0.898. The van der Waals surface area contributed by atoms with Crippen LogP contribution in [0.4, 0.5) is 0 Å². The van der Waals surface area contributed by atoms with Gasteiger partial charge in [0.2, 0.25) is 0 Å². The van der Waals surface area contributed by atoms with Gasteiger partial charge in [0.25, 0.3) is 0 Å². The van der Waals surface area contributed by atoms with Gasteiger partial charge in [0.15, 0.2) is 0 Å². The van der Waals surface area contributed by atoms with Gasteiger partial charge in [0.05, 0.1) is 16.6 Å². The van der Waals surface area contributed by atoms with Crippen molar-refractivity contribution in [1.82, 2.24) is 9.55 Å². The summed E-state index contributed by atoms with van der Waals surface area (Å²) in [6.07, 6.45) is 4.25. The van der Waals surface area contributed by atoms with E-state index in [0.29, 0.717) is 11.5 Å². The maximum absolute atomic E-state index is 11.6. The number of para-hydroxylation sites is 1. The lowest BCUT2D eigenvalue weighted by atomic mass is 9.94. The minimum atomic E-state index is -0.876. The van der Waals surface area contributed by atoms with Crippen LogP contribution in [0.1, 0.15) is 68.6 Å². The molecule has 0 radical (unpaired) electrons. The normalized spacial score (nSPS) is 15.6. The van der Waals surface area contributed by atoms with E-state index in [0.717, 1.165) is 42.5 Å². The summed E-state index contributed by atoms with van der Waals surface area (Å²) in [5.74, 6) is 0.694. The molecule has 3 rings (SSSR count). The maximum Gasteiger partial charge on any atom is 0.337 e. The van der Waals surface area contributed by atoms with Crippen LogP contribution >= 0.6 is 0 Å². The van der Waals surface area contributed by atoms with E-state index >= 15 is 0 Å². The summed E-state index contributed by atoms with van der Waals surface area (Å²) in [6, 6.07) is 5.40. The number of carbonyl (C=O) groups is 1. The second-order valence-corrected chi connectivity index (χ2v) is 6.26. The first-order valence-electron chi connectivity index (χ1n) is 7.77. The van der Waals surface area contributed by atoms with Gasteiger partial charge in [-0.25, -0.2) is 9.78 Å². The van der Waals surface area contributed by atoms with Crippen LogP contribution in [-0.4, -0.2) is 20.6 Å². The molecule has 1 N–H and O–H groups in total. The van der Waals surface area contributed by atoms with Gasteiger partial charge >= 0.3 is 5.97 Å². The number of fused-ring (bicyclic) bond motifs is 1. The van der Waals surface area contributed by atoms with Crippen molar-refractivity contribution in [3.63, 3.8) is 0 Å². The lowest BCUT2D eigenvalue weighted by molar-refractivity contribution is 0.0698. The smallest absolute Gasteiger partial charge is 0.337 e. The molecule has 0 saturated heterocycles. The van der Waals surface area contributed by atoms with Crippen LogP contribution < -0.4 is 0 Å². The number of hydrogen-bond acceptors (Lipinski definition) is 2. The van der Waals surface area contributed by atoms with Crippen molar-refractivity contribution >= 4 is 17.0 Å². The van der Waals surface area contributed by atoms with E-state index in [2.05, 4.69) is 25.3 Å². The van der Waals surface area contributed by atoms with Crippen LogP contribution in [-0.2, 0) is 5.54 Å². The Hall–Kier alpha value is -1.84. The van der Waals surface area contributed by atoms with Gasteiger partial charge in [-0.05, 0) is 44.7 Å². The van der Waals surface area contributed by atoms with Crippen molar-refractivity contribution in [3.8, 4) is 0 Å². The molecule has 0 amide bonds. The van der Waals surface area contributed by atoms with Gasteiger partial charge in [0, 0.05) is 11.5 Å². The molecule has 21 heavy (non-hydrogen) atoms. The molecular formula is C17H22N2O2. The van der Waals surface area contributed by atoms with Crippen LogP contribution in [0.3, 0.4) is 0 Å². The van der Waals surface area contributed by atoms with Crippen molar-refractivity contribution in [2.45, 2.75) is 57.9 Å².